The van der Waals surface area contributed by atoms with E-state index in [0.717, 1.165) is 22.6 Å². The minimum absolute atomic E-state index is 0.111. The van der Waals surface area contributed by atoms with Crippen LogP contribution in [0.15, 0.2) is 41.3 Å². The molecule has 0 aliphatic rings. The van der Waals surface area contributed by atoms with Gasteiger partial charge in [0.1, 0.15) is 0 Å². The average Bonchev–Trinajstić information content (AvgIpc) is 2.38. The molecule has 0 bridgehead atoms. The molecule has 0 amide bonds. The quantitative estimate of drug-likeness (QED) is 0.790. The zero-order valence-corrected chi connectivity index (χ0v) is 12.4. The lowest BCUT2D eigenvalue weighted by molar-refractivity contribution is 0.369. The standard InChI is InChI=1S/C15H18BrNO/c1-11(2)13(9-16)10-17-8-7-12-5-3-4-6-14(12)15(17)18/h3-8,11,13H,9-10H2,1-2H3. The minimum Gasteiger partial charge on any atom is -0.315 e. The Balaban J connectivity index is 2.40. The maximum atomic E-state index is 12.4. The molecule has 0 aliphatic heterocycles. The van der Waals surface area contributed by atoms with Crippen LogP contribution in [0, 0.1) is 11.8 Å². The maximum absolute atomic E-state index is 12.4. The molecule has 1 aromatic carbocycles. The molecule has 2 aromatic rings. The molecule has 3 heteroatoms. The fraction of sp³-hybridized carbons (Fsp3) is 0.400. The lowest BCUT2D eigenvalue weighted by Gasteiger charge is -2.19. The summed E-state index contributed by atoms with van der Waals surface area (Å²) in [4.78, 5) is 12.4. The van der Waals surface area contributed by atoms with Crippen molar-refractivity contribution in [2.75, 3.05) is 5.33 Å². The van der Waals surface area contributed by atoms with Crippen LogP contribution in [-0.2, 0) is 6.54 Å². The fourth-order valence-corrected chi connectivity index (χ4v) is 3.02. The van der Waals surface area contributed by atoms with Crippen molar-refractivity contribution in [3.8, 4) is 0 Å². The molecular formula is C15H18BrNO. The van der Waals surface area contributed by atoms with Gasteiger partial charge in [-0.05, 0) is 29.4 Å². The van der Waals surface area contributed by atoms with Gasteiger partial charge in [-0.2, -0.15) is 0 Å². The predicted molar refractivity (Wildman–Crippen MR) is 80.3 cm³/mol. The summed E-state index contributed by atoms with van der Waals surface area (Å²) in [5.74, 6) is 1.03. The van der Waals surface area contributed by atoms with Crippen LogP contribution in [0.4, 0.5) is 0 Å². The number of nitrogens with zero attached hydrogens (tertiary/aromatic N) is 1. The molecule has 0 fully saturated rings. The van der Waals surface area contributed by atoms with Crippen molar-refractivity contribution in [3.05, 3.63) is 46.9 Å². The van der Waals surface area contributed by atoms with Crippen molar-refractivity contribution in [1.82, 2.24) is 4.57 Å². The summed E-state index contributed by atoms with van der Waals surface area (Å²) < 4.78 is 1.83. The molecule has 1 heterocycles. The Morgan fingerprint density at radius 3 is 2.61 bits per heavy atom. The Hall–Kier alpha value is -1.09. The van der Waals surface area contributed by atoms with Crippen molar-refractivity contribution in [3.63, 3.8) is 0 Å². The SMILES string of the molecule is CC(C)C(CBr)Cn1ccc2ccccc2c1=O. The van der Waals surface area contributed by atoms with Crippen molar-refractivity contribution < 1.29 is 0 Å². The zero-order chi connectivity index (χ0) is 13.1. The van der Waals surface area contributed by atoms with E-state index in [1.807, 2.05) is 41.1 Å². The smallest absolute Gasteiger partial charge is 0.258 e. The Morgan fingerprint density at radius 2 is 1.94 bits per heavy atom. The average molecular weight is 308 g/mol. The monoisotopic (exact) mass is 307 g/mol. The molecule has 0 saturated heterocycles. The van der Waals surface area contributed by atoms with Crippen molar-refractivity contribution in [2.45, 2.75) is 20.4 Å². The Morgan fingerprint density at radius 1 is 1.22 bits per heavy atom. The second kappa shape index (κ2) is 5.70. The van der Waals surface area contributed by atoms with Crippen LogP contribution in [0.5, 0.6) is 0 Å². The van der Waals surface area contributed by atoms with E-state index in [4.69, 9.17) is 0 Å². The summed E-state index contributed by atoms with van der Waals surface area (Å²) in [6.45, 7) is 5.16. The molecule has 1 unspecified atom stereocenters. The number of hydrogen-bond acceptors (Lipinski definition) is 1. The summed E-state index contributed by atoms with van der Waals surface area (Å²) >= 11 is 3.53. The third kappa shape index (κ3) is 2.66. The first-order valence-electron chi connectivity index (χ1n) is 6.27. The van der Waals surface area contributed by atoms with Gasteiger partial charge in [-0.3, -0.25) is 4.79 Å². The number of rotatable bonds is 4. The van der Waals surface area contributed by atoms with Crippen LogP contribution >= 0.6 is 15.9 Å². The Kier molecular flexibility index (Phi) is 4.23. The number of fused-ring (bicyclic) bond motifs is 1. The van der Waals surface area contributed by atoms with E-state index in [-0.39, 0.29) is 5.56 Å². The highest BCUT2D eigenvalue weighted by atomic mass is 79.9. The number of aromatic nitrogens is 1. The summed E-state index contributed by atoms with van der Waals surface area (Å²) in [5, 5.41) is 2.74. The van der Waals surface area contributed by atoms with Crippen LogP contribution in [0.2, 0.25) is 0 Å². The van der Waals surface area contributed by atoms with Gasteiger partial charge in [0.2, 0.25) is 0 Å². The first kappa shape index (κ1) is 13.3. The lowest BCUT2D eigenvalue weighted by atomic mass is 9.98. The van der Waals surface area contributed by atoms with Crippen molar-refractivity contribution in [1.29, 1.82) is 0 Å². The van der Waals surface area contributed by atoms with Crippen LogP contribution in [0.25, 0.3) is 10.8 Å². The predicted octanol–water partition coefficient (Wildman–Crippen LogP) is 3.67. The van der Waals surface area contributed by atoms with E-state index in [1.54, 1.807) is 0 Å². The number of pyridine rings is 1. The first-order chi connectivity index (χ1) is 8.63. The van der Waals surface area contributed by atoms with Crippen LogP contribution < -0.4 is 5.56 Å². The molecule has 1 atom stereocenters. The molecule has 2 nitrogen and oxygen atoms in total. The Labute approximate surface area is 116 Å². The van der Waals surface area contributed by atoms with Gasteiger partial charge in [-0.15, -0.1) is 0 Å². The molecule has 0 saturated carbocycles. The third-order valence-electron chi connectivity index (χ3n) is 3.46. The number of hydrogen-bond donors (Lipinski definition) is 0. The van der Waals surface area contributed by atoms with Gasteiger partial charge in [-0.25, -0.2) is 0 Å². The first-order valence-corrected chi connectivity index (χ1v) is 7.39. The van der Waals surface area contributed by atoms with E-state index in [0.29, 0.717) is 11.8 Å². The van der Waals surface area contributed by atoms with Crippen LogP contribution in [0.1, 0.15) is 13.8 Å². The minimum atomic E-state index is 0.111. The molecule has 0 aliphatic carbocycles. The number of alkyl halides is 1. The maximum Gasteiger partial charge on any atom is 0.258 e. The van der Waals surface area contributed by atoms with Gasteiger partial charge in [0.15, 0.2) is 0 Å². The van der Waals surface area contributed by atoms with Gasteiger partial charge < -0.3 is 4.57 Å². The largest absolute Gasteiger partial charge is 0.315 e. The summed E-state index contributed by atoms with van der Waals surface area (Å²) in [6.07, 6.45) is 1.91. The number of benzene rings is 1. The second-order valence-electron chi connectivity index (χ2n) is 5.02. The summed E-state index contributed by atoms with van der Waals surface area (Å²) in [7, 11) is 0. The zero-order valence-electron chi connectivity index (χ0n) is 10.8. The van der Waals surface area contributed by atoms with E-state index >= 15 is 0 Å². The lowest BCUT2D eigenvalue weighted by Crippen LogP contribution is -2.26. The molecule has 0 spiro atoms. The van der Waals surface area contributed by atoms with E-state index in [2.05, 4.69) is 29.8 Å². The Bertz CT molecular complexity index is 588. The molecule has 18 heavy (non-hydrogen) atoms. The molecule has 1 aromatic heterocycles. The van der Waals surface area contributed by atoms with Gasteiger partial charge in [0.05, 0.1) is 0 Å². The summed E-state index contributed by atoms with van der Waals surface area (Å²) in [6, 6.07) is 9.76. The van der Waals surface area contributed by atoms with E-state index < -0.39 is 0 Å². The van der Waals surface area contributed by atoms with Crippen LogP contribution in [-0.4, -0.2) is 9.90 Å². The molecule has 0 N–H and O–H groups in total. The second-order valence-corrected chi connectivity index (χ2v) is 5.67. The van der Waals surface area contributed by atoms with E-state index in [9.17, 15) is 4.79 Å². The van der Waals surface area contributed by atoms with Crippen molar-refractivity contribution >= 4 is 26.7 Å². The van der Waals surface area contributed by atoms with E-state index in [1.165, 1.54) is 0 Å². The fourth-order valence-electron chi connectivity index (χ4n) is 2.06. The highest BCUT2D eigenvalue weighted by molar-refractivity contribution is 9.09. The normalized spacial score (nSPS) is 13.1. The summed E-state index contributed by atoms with van der Waals surface area (Å²) in [5.41, 5.74) is 0.111. The van der Waals surface area contributed by atoms with Gasteiger partial charge >= 0.3 is 0 Å². The molecule has 96 valence electrons. The molecule has 2 rings (SSSR count). The molecule has 0 radical (unpaired) electrons. The van der Waals surface area contributed by atoms with Gasteiger partial charge in [-0.1, -0.05) is 48.0 Å². The third-order valence-corrected chi connectivity index (χ3v) is 4.29. The van der Waals surface area contributed by atoms with Gasteiger partial charge in [0, 0.05) is 23.5 Å². The highest BCUT2D eigenvalue weighted by Gasteiger charge is 2.13. The topological polar surface area (TPSA) is 22.0 Å². The molecular weight excluding hydrogens is 290 g/mol. The number of halogens is 1. The van der Waals surface area contributed by atoms with Gasteiger partial charge in [0.25, 0.3) is 5.56 Å². The van der Waals surface area contributed by atoms with Crippen LogP contribution in [0.3, 0.4) is 0 Å². The highest BCUT2D eigenvalue weighted by Crippen LogP contribution is 2.16. The van der Waals surface area contributed by atoms with Crippen molar-refractivity contribution in [2.24, 2.45) is 11.8 Å².